The molecule has 7 nitrogen and oxygen atoms in total. The van der Waals surface area contributed by atoms with Crippen molar-refractivity contribution in [2.45, 2.75) is 6.04 Å². The molecule has 1 unspecified atom stereocenters. The number of aliphatic imine (C=N–C) groups is 1. The first-order valence-corrected chi connectivity index (χ1v) is 6.86. The van der Waals surface area contributed by atoms with Crippen LogP contribution in [0.1, 0.15) is 11.6 Å². The number of rotatable bonds is 4. The number of carbonyl (C=O) groups is 1. The van der Waals surface area contributed by atoms with Crippen molar-refractivity contribution in [2.75, 3.05) is 7.05 Å². The quantitative estimate of drug-likeness (QED) is 0.491. The van der Waals surface area contributed by atoms with Gasteiger partial charge in [0.1, 0.15) is 23.8 Å². The lowest BCUT2D eigenvalue weighted by atomic mass is 10.0. The number of hydrogen-bond donors (Lipinski definition) is 0. The van der Waals surface area contributed by atoms with E-state index in [-0.39, 0.29) is 5.69 Å². The molecule has 0 amide bonds. The minimum atomic E-state index is -0.467. The number of nitrogens with zero attached hydrogens (tertiary/aromatic N) is 3. The van der Waals surface area contributed by atoms with Crippen LogP contribution in [0.25, 0.3) is 0 Å². The summed E-state index contributed by atoms with van der Waals surface area (Å²) < 4.78 is 5.70. The molecule has 0 aromatic heterocycles. The Balaban J connectivity index is 1.87. The lowest BCUT2D eigenvalue weighted by Gasteiger charge is -2.26. The molecule has 0 fully saturated rings. The highest BCUT2D eigenvalue weighted by Gasteiger charge is 2.22. The van der Waals surface area contributed by atoms with Gasteiger partial charge in [0, 0.05) is 24.7 Å². The Morgan fingerprint density at radius 2 is 1.91 bits per heavy atom. The summed E-state index contributed by atoms with van der Waals surface area (Å²) in [6.07, 6.45) is 2.46. The predicted octanol–water partition coefficient (Wildman–Crippen LogP) is 3.23. The van der Waals surface area contributed by atoms with Gasteiger partial charge < -0.3 is 14.4 Å². The van der Waals surface area contributed by atoms with Crippen LogP contribution in [-0.4, -0.2) is 29.5 Å². The van der Waals surface area contributed by atoms with E-state index in [0.29, 0.717) is 11.5 Å². The average molecular weight is 311 g/mol. The van der Waals surface area contributed by atoms with E-state index in [2.05, 4.69) is 4.99 Å². The van der Waals surface area contributed by atoms with Crippen LogP contribution in [0.4, 0.5) is 11.4 Å². The van der Waals surface area contributed by atoms with Crippen LogP contribution in [0.5, 0.6) is 11.5 Å². The molecule has 116 valence electrons. The molecule has 0 bridgehead atoms. The summed E-state index contributed by atoms with van der Waals surface area (Å²) in [6, 6.07) is 10.7. The first-order chi connectivity index (χ1) is 11.1. The van der Waals surface area contributed by atoms with Gasteiger partial charge >= 0.3 is 0 Å². The smallest absolute Gasteiger partial charge is 0.269 e. The van der Waals surface area contributed by atoms with E-state index in [9.17, 15) is 14.9 Å². The predicted molar refractivity (Wildman–Crippen MR) is 84.3 cm³/mol. The number of aldehydes is 1. The van der Waals surface area contributed by atoms with Crippen LogP contribution < -0.4 is 4.74 Å². The maximum Gasteiger partial charge on any atom is 0.269 e. The minimum Gasteiger partial charge on any atom is -0.457 e. The highest BCUT2D eigenvalue weighted by atomic mass is 16.6. The molecule has 0 radical (unpaired) electrons. The van der Waals surface area contributed by atoms with Crippen molar-refractivity contribution in [2.24, 2.45) is 4.99 Å². The largest absolute Gasteiger partial charge is 0.457 e. The SMILES string of the molecule is CN1C=Nc2ccc(Oc3ccc([N+](=O)[O-])cc3)cc2C1C=O. The molecule has 0 N–H and O–H groups in total. The highest BCUT2D eigenvalue weighted by Crippen LogP contribution is 2.35. The summed E-state index contributed by atoms with van der Waals surface area (Å²) in [5.41, 5.74) is 1.47. The van der Waals surface area contributed by atoms with Crippen LogP contribution in [0.15, 0.2) is 47.5 Å². The average Bonchev–Trinajstić information content (AvgIpc) is 2.55. The third-order valence-electron chi connectivity index (χ3n) is 3.55. The minimum absolute atomic E-state index is 0.000211. The lowest BCUT2D eigenvalue weighted by Crippen LogP contribution is -2.26. The Bertz CT molecular complexity index is 786. The van der Waals surface area contributed by atoms with E-state index in [1.807, 2.05) is 0 Å². The molecule has 1 aliphatic rings. The third-order valence-corrected chi connectivity index (χ3v) is 3.55. The molecule has 2 aromatic carbocycles. The van der Waals surface area contributed by atoms with Gasteiger partial charge in [0.15, 0.2) is 0 Å². The highest BCUT2D eigenvalue weighted by molar-refractivity contribution is 5.77. The fourth-order valence-corrected chi connectivity index (χ4v) is 2.34. The molecule has 0 spiro atoms. The molecule has 7 heteroatoms. The number of benzene rings is 2. The summed E-state index contributed by atoms with van der Waals surface area (Å²) in [5.74, 6) is 1.01. The van der Waals surface area contributed by atoms with E-state index >= 15 is 0 Å². The lowest BCUT2D eigenvalue weighted by molar-refractivity contribution is -0.384. The summed E-state index contributed by atoms with van der Waals surface area (Å²) in [4.78, 5) is 27.4. The van der Waals surface area contributed by atoms with E-state index in [1.54, 1.807) is 36.5 Å². The van der Waals surface area contributed by atoms with Gasteiger partial charge in [-0.25, -0.2) is 4.99 Å². The van der Waals surface area contributed by atoms with E-state index in [1.165, 1.54) is 24.3 Å². The molecule has 3 rings (SSSR count). The zero-order chi connectivity index (χ0) is 16.4. The number of hydrogen-bond acceptors (Lipinski definition) is 6. The van der Waals surface area contributed by atoms with Gasteiger partial charge in [-0.3, -0.25) is 10.1 Å². The van der Waals surface area contributed by atoms with Crippen LogP contribution in [0, 0.1) is 10.1 Å². The molecular weight excluding hydrogens is 298 g/mol. The summed E-state index contributed by atoms with van der Waals surface area (Å²) >= 11 is 0. The fraction of sp³-hybridized carbons (Fsp3) is 0.125. The molecule has 0 aliphatic carbocycles. The molecule has 23 heavy (non-hydrogen) atoms. The van der Waals surface area contributed by atoms with Gasteiger partial charge in [0.05, 0.1) is 16.9 Å². The maximum atomic E-state index is 11.3. The number of fused-ring (bicyclic) bond motifs is 1. The number of nitro benzene ring substituents is 1. The van der Waals surface area contributed by atoms with E-state index in [4.69, 9.17) is 4.74 Å². The van der Waals surface area contributed by atoms with Crippen molar-refractivity contribution in [1.29, 1.82) is 0 Å². The summed E-state index contributed by atoms with van der Waals surface area (Å²) in [7, 11) is 1.77. The van der Waals surface area contributed by atoms with Gasteiger partial charge in [-0.15, -0.1) is 0 Å². The monoisotopic (exact) mass is 311 g/mol. The molecular formula is C16H13N3O4. The Hall–Kier alpha value is -3.22. The molecule has 1 heterocycles. The normalized spacial score (nSPS) is 15.9. The standard InChI is InChI=1S/C16H13N3O4/c1-18-10-17-15-7-6-13(8-14(15)16(18)9-20)23-12-4-2-11(3-5-12)19(21)22/h2-10,16H,1H3. The van der Waals surface area contributed by atoms with Gasteiger partial charge in [0.25, 0.3) is 5.69 Å². The second-order valence-electron chi connectivity index (χ2n) is 5.06. The molecule has 0 saturated carbocycles. The Morgan fingerprint density at radius 1 is 1.22 bits per heavy atom. The number of ether oxygens (including phenoxy) is 1. The van der Waals surface area contributed by atoms with Crippen molar-refractivity contribution >= 4 is 24.0 Å². The molecule has 1 atom stereocenters. The van der Waals surface area contributed by atoms with E-state index in [0.717, 1.165) is 17.5 Å². The van der Waals surface area contributed by atoms with Crippen molar-refractivity contribution in [1.82, 2.24) is 4.90 Å². The van der Waals surface area contributed by atoms with Crippen LogP contribution in [0.3, 0.4) is 0 Å². The number of carbonyl (C=O) groups excluding carboxylic acids is 1. The zero-order valence-electron chi connectivity index (χ0n) is 12.2. The van der Waals surface area contributed by atoms with Crippen LogP contribution in [-0.2, 0) is 4.79 Å². The Labute approximate surface area is 132 Å². The van der Waals surface area contributed by atoms with Crippen molar-refractivity contribution in [3.63, 3.8) is 0 Å². The van der Waals surface area contributed by atoms with Crippen molar-refractivity contribution < 1.29 is 14.5 Å². The topological polar surface area (TPSA) is 85.0 Å². The van der Waals surface area contributed by atoms with Crippen molar-refractivity contribution in [3.8, 4) is 11.5 Å². The molecule has 0 saturated heterocycles. The summed E-state index contributed by atoms with van der Waals surface area (Å²) in [6.45, 7) is 0. The Morgan fingerprint density at radius 3 is 2.57 bits per heavy atom. The van der Waals surface area contributed by atoms with Gasteiger partial charge in [-0.1, -0.05) is 0 Å². The first kappa shape index (κ1) is 14.7. The third kappa shape index (κ3) is 2.89. The number of likely N-dealkylation sites (N-methyl/N-ethyl adjacent to an activating group) is 1. The van der Waals surface area contributed by atoms with Gasteiger partial charge in [0.2, 0.25) is 0 Å². The Kier molecular flexibility index (Phi) is 3.76. The maximum absolute atomic E-state index is 11.3. The second-order valence-corrected chi connectivity index (χ2v) is 5.06. The van der Waals surface area contributed by atoms with E-state index < -0.39 is 11.0 Å². The second kappa shape index (κ2) is 5.88. The zero-order valence-corrected chi connectivity index (χ0v) is 12.2. The number of nitro groups is 1. The van der Waals surface area contributed by atoms with Crippen molar-refractivity contribution in [3.05, 3.63) is 58.1 Å². The van der Waals surface area contributed by atoms with Crippen LogP contribution >= 0.6 is 0 Å². The number of non-ortho nitro benzene ring substituents is 1. The molecule has 2 aromatic rings. The van der Waals surface area contributed by atoms with Gasteiger partial charge in [-0.05, 0) is 30.3 Å². The summed E-state index contributed by atoms with van der Waals surface area (Å²) in [5, 5.41) is 10.6. The fourth-order valence-electron chi connectivity index (χ4n) is 2.34. The van der Waals surface area contributed by atoms with Crippen LogP contribution in [0.2, 0.25) is 0 Å². The first-order valence-electron chi connectivity index (χ1n) is 6.86. The molecule has 1 aliphatic heterocycles. The van der Waals surface area contributed by atoms with Gasteiger partial charge in [-0.2, -0.15) is 0 Å².